The van der Waals surface area contributed by atoms with Gasteiger partial charge in [0.05, 0.1) is 22.4 Å². The van der Waals surface area contributed by atoms with Crippen molar-refractivity contribution in [2.45, 2.75) is 6.54 Å². The number of carbonyl (C=O) groups is 1. The van der Waals surface area contributed by atoms with Crippen LogP contribution in [0.25, 0.3) is 11.8 Å². The average molecular weight is 348 g/mol. The van der Waals surface area contributed by atoms with Crippen LogP contribution in [0, 0.1) is 10.1 Å². The van der Waals surface area contributed by atoms with E-state index in [4.69, 9.17) is 0 Å². The van der Waals surface area contributed by atoms with Crippen LogP contribution in [-0.4, -0.2) is 20.6 Å². The number of nitrogens with one attached hydrogen (secondary N) is 1. The van der Waals surface area contributed by atoms with Gasteiger partial charge in [-0.05, 0) is 24.3 Å². The van der Waals surface area contributed by atoms with Crippen LogP contribution in [-0.2, 0) is 11.3 Å². The number of amides is 1. The fourth-order valence-electron chi connectivity index (χ4n) is 2.38. The van der Waals surface area contributed by atoms with E-state index in [2.05, 4.69) is 10.4 Å². The number of benzene rings is 2. The third-order valence-electron chi connectivity index (χ3n) is 3.67. The second-order valence-corrected chi connectivity index (χ2v) is 5.50. The van der Waals surface area contributed by atoms with Crippen molar-refractivity contribution in [3.8, 4) is 5.69 Å². The lowest BCUT2D eigenvalue weighted by Crippen LogP contribution is -2.19. The number of hydrogen-bond donors (Lipinski definition) is 1. The molecule has 0 aliphatic rings. The highest BCUT2D eigenvalue weighted by atomic mass is 16.6. The lowest BCUT2D eigenvalue weighted by atomic mass is 10.1. The lowest BCUT2D eigenvalue weighted by Gasteiger charge is -2.01. The quantitative estimate of drug-likeness (QED) is 0.421. The van der Waals surface area contributed by atoms with Gasteiger partial charge in [-0.3, -0.25) is 14.9 Å². The molecular formula is C19H16N4O3. The molecule has 0 spiro atoms. The van der Waals surface area contributed by atoms with E-state index in [9.17, 15) is 14.9 Å². The van der Waals surface area contributed by atoms with Crippen molar-refractivity contribution < 1.29 is 9.72 Å². The number of nitrogens with zero attached hydrogens (tertiary/aromatic N) is 3. The van der Waals surface area contributed by atoms with Crippen LogP contribution in [0.3, 0.4) is 0 Å². The zero-order valence-corrected chi connectivity index (χ0v) is 13.8. The molecule has 0 saturated carbocycles. The molecule has 7 nitrogen and oxygen atoms in total. The topological polar surface area (TPSA) is 90.1 Å². The van der Waals surface area contributed by atoms with Crippen LogP contribution in [0.1, 0.15) is 11.1 Å². The van der Waals surface area contributed by atoms with Gasteiger partial charge in [0.1, 0.15) is 0 Å². The molecule has 1 aromatic heterocycles. The Morgan fingerprint density at radius 3 is 2.65 bits per heavy atom. The minimum absolute atomic E-state index is 0.0410. The van der Waals surface area contributed by atoms with Crippen molar-refractivity contribution in [1.29, 1.82) is 0 Å². The summed E-state index contributed by atoms with van der Waals surface area (Å²) in [4.78, 5) is 22.4. The van der Waals surface area contributed by atoms with Crippen molar-refractivity contribution in [2.24, 2.45) is 0 Å². The number of rotatable bonds is 6. The van der Waals surface area contributed by atoms with Crippen molar-refractivity contribution in [3.05, 3.63) is 94.3 Å². The monoisotopic (exact) mass is 348 g/mol. The molecule has 0 fully saturated rings. The molecule has 1 heterocycles. The highest BCUT2D eigenvalue weighted by molar-refractivity contribution is 5.92. The molecule has 0 saturated heterocycles. The summed E-state index contributed by atoms with van der Waals surface area (Å²) >= 11 is 0. The molecule has 1 N–H and O–H groups in total. The standard InChI is InChI=1S/C19H16N4O3/c24-19(11-10-16-6-4-5-9-18(16)23(25)26)20-12-15-13-21-22(14-15)17-7-2-1-3-8-17/h1-11,13-14H,12H2,(H,20,24)/b11-10+. The zero-order valence-electron chi connectivity index (χ0n) is 13.8. The molecule has 2 aromatic carbocycles. The number of carbonyl (C=O) groups excluding carboxylic acids is 1. The number of nitro groups is 1. The second kappa shape index (κ2) is 7.89. The van der Waals surface area contributed by atoms with Gasteiger partial charge < -0.3 is 5.32 Å². The summed E-state index contributed by atoms with van der Waals surface area (Å²) in [6.45, 7) is 0.312. The van der Waals surface area contributed by atoms with Gasteiger partial charge in [0.15, 0.2) is 0 Å². The minimum atomic E-state index is -0.477. The zero-order chi connectivity index (χ0) is 18.4. The summed E-state index contributed by atoms with van der Waals surface area (Å²) in [6.07, 6.45) is 6.23. The Bertz CT molecular complexity index is 948. The van der Waals surface area contributed by atoms with Crippen molar-refractivity contribution in [1.82, 2.24) is 15.1 Å². The molecule has 130 valence electrons. The molecular weight excluding hydrogens is 332 g/mol. The van der Waals surface area contributed by atoms with Gasteiger partial charge in [0.25, 0.3) is 5.69 Å². The highest BCUT2D eigenvalue weighted by Crippen LogP contribution is 2.18. The summed E-state index contributed by atoms with van der Waals surface area (Å²) in [6, 6.07) is 15.9. The van der Waals surface area contributed by atoms with Gasteiger partial charge in [-0.15, -0.1) is 0 Å². The third kappa shape index (κ3) is 4.21. The van der Waals surface area contributed by atoms with Crippen LogP contribution < -0.4 is 5.32 Å². The summed E-state index contributed by atoms with van der Waals surface area (Å²) in [5, 5.41) is 18.0. The number of para-hydroxylation sites is 2. The molecule has 0 atom stereocenters. The van der Waals surface area contributed by atoms with Crippen LogP contribution in [0.2, 0.25) is 0 Å². The van der Waals surface area contributed by atoms with Crippen molar-refractivity contribution >= 4 is 17.7 Å². The summed E-state index contributed by atoms with van der Waals surface area (Å²) in [5.74, 6) is -0.337. The molecule has 0 bridgehead atoms. The van der Waals surface area contributed by atoms with Gasteiger partial charge in [-0.1, -0.05) is 30.3 Å². The molecule has 3 aromatic rings. The van der Waals surface area contributed by atoms with E-state index >= 15 is 0 Å². The van der Waals surface area contributed by atoms with Crippen molar-refractivity contribution in [3.63, 3.8) is 0 Å². The largest absolute Gasteiger partial charge is 0.348 e. The predicted molar refractivity (Wildman–Crippen MR) is 97.5 cm³/mol. The first kappa shape index (κ1) is 17.1. The third-order valence-corrected chi connectivity index (χ3v) is 3.67. The van der Waals surface area contributed by atoms with E-state index in [0.29, 0.717) is 12.1 Å². The average Bonchev–Trinajstić information content (AvgIpc) is 3.14. The van der Waals surface area contributed by atoms with Gasteiger partial charge in [0.2, 0.25) is 5.91 Å². The molecule has 26 heavy (non-hydrogen) atoms. The SMILES string of the molecule is O=C(/C=C/c1ccccc1[N+](=O)[O-])NCc1cnn(-c2ccccc2)c1. The fourth-order valence-corrected chi connectivity index (χ4v) is 2.38. The Hall–Kier alpha value is -3.74. The summed E-state index contributed by atoms with van der Waals surface area (Å²) in [7, 11) is 0. The van der Waals surface area contributed by atoms with E-state index in [1.165, 1.54) is 18.2 Å². The smallest absolute Gasteiger partial charge is 0.276 e. The first-order valence-electron chi connectivity index (χ1n) is 7.92. The molecule has 0 unspecified atom stereocenters. The molecule has 0 aliphatic heterocycles. The maximum Gasteiger partial charge on any atom is 0.276 e. The van der Waals surface area contributed by atoms with Crippen LogP contribution in [0.5, 0.6) is 0 Å². The van der Waals surface area contributed by atoms with E-state index < -0.39 is 4.92 Å². The fraction of sp³-hybridized carbons (Fsp3) is 0.0526. The van der Waals surface area contributed by atoms with Crippen LogP contribution in [0.4, 0.5) is 5.69 Å². The molecule has 3 rings (SSSR count). The van der Waals surface area contributed by atoms with Crippen LogP contribution in [0.15, 0.2) is 73.1 Å². The van der Waals surface area contributed by atoms with Crippen LogP contribution >= 0.6 is 0 Å². The first-order valence-corrected chi connectivity index (χ1v) is 7.92. The summed E-state index contributed by atoms with van der Waals surface area (Å²) in [5.41, 5.74) is 2.12. The lowest BCUT2D eigenvalue weighted by molar-refractivity contribution is -0.385. The van der Waals surface area contributed by atoms with Crippen molar-refractivity contribution in [2.75, 3.05) is 0 Å². The van der Waals surface area contributed by atoms with E-state index in [1.807, 2.05) is 36.5 Å². The van der Waals surface area contributed by atoms with Gasteiger partial charge >= 0.3 is 0 Å². The number of nitro benzene ring substituents is 1. The van der Waals surface area contributed by atoms with E-state index in [1.54, 1.807) is 29.1 Å². The Labute approximate surface area is 149 Å². The predicted octanol–water partition coefficient (Wildman–Crippen LogP) is 3.11. The normalized spacial score (nSPS) is 10.8. The molecule has 1 amide bonds. The number of hydrogen-bond acceptors (Lipinski definition) is 4. The summed E-state index contributed by atoms with van der Waals surface area (Å²) < 4.78 is 1.73. The molecule has 0 aliphatic carbocycles. The van der Waals surface area contributed by atoms with Gasteiger partial charge in [-0.2, -0.15) is 5.10 Å². The molecule has 0 radical (unpaired) electrons. The van der Waals surface area contributed by atoms with E-state index in [-0.39, 0.29) is 11.6 Å². The van der Waals surface area contributed by atoms with E-state index in [0.717, 1.165) is 11.3 Å². The Morgan fingerprint density at radius 2 is 1.88 bits per heavy atom. The Kier molecular flexibility index (Phi) is 5.19. The highest BCUT2D eigenvalue weighted by Gasteiger charge is 2.09. The van der Waals surface area contributed by atoms with Gasteiger partial charge in [0, 0.05) is 30.4 Å². The molecule has 7 heteroatoms. The maximum absolute atomic E-state index is 12.0. The minimum Gasteiger partial charge on any atom is -0.348 e. The maximum atomic E-state index is 12.0. The first-order chi connectivity index (χ1) is 12.6. The van der Waals surface area contributed by atoms with Gasteiger partial charge in [-0.25, -0.2) is 4.68 Å². The Morgan fingerprint density at radius 1 is 1.15 bits per heavy atom. The Balaban J connectivity index is 1.60. The number of aromatic nitrogens is 2. The second-order valence-electron chi connectivity index (χ2n) is 5.50.